The topological polar surface area (TPSA) is 110 Å². The van der Waals surface area contributed by atoms with E-state index in [2.05, 4.69) is 64.3 Å². The Morgan fingerprint density at radius 1 is 0.967 bits per heavy atom. The summed E-state index contributed by atoms with van der Waals surface area (Å²) in [6.07, 6.45) is 12.0. The highest BCUT2D eigenvalue weighted by Crippen LogP contribution is 2.41. The minimum atomic E-state index is 0.0449. The predicted octanol–water partition coefficient (Wildman–Crippen LogP) is 9.06. The van der Waals surface area contributed by atoms with Crippen LogP contribution in [0.1, 0.15) is 74.5 Å². The maximum absolute atomic E-state index is 11.6. The molecule has 10 nitrogen and oxygen atoms in total. The molecule has 1 amide bonds. The van der Waals surface area contributed by atoms with Gasteiger partial charge >= 0.3 is 0 Å². The molecule has 318 valence electrons. The number of aldehydes is 1. The number of amides is 1. The Hall–Kier alpha value is -4.45. The number of methoxy groups -OCH3 is 1. The molecule has 0 bridgehead atoms. The lowest BCUT2D eigenvalue weighted by molar-refractivity contribution is -0.119. The summed E-state index contributed by atoms with van der Waals surface area (Å²) in [5, 5.41) is 16.9. The van der Waals surface area contributed by atoms with E-state index in [9.17, 15) is 9.59 Å². The molecule has 60 heavy (non-hydrogen) atoms. The fourth-order valence-corrected chi connectivity index (χ4v) is 9.39. The quantitative estimate of drug-likeness (QED) is 0.0666. The van der Waals surface area contributed by atoms with Crippen molar-refractivity contribution in [2.24, 2.45) is 5.92 Å². The van der Waals surface area contributed by atoms with E-state index < -0.39 is 0 Å². The minimum Gasteiger partial charge on any atom is -0.496 e. The summed E-state index contributed by atoms with van der Waals surface area (Å²) in [7, 11) is 5.77. The molecule has 7 rings (SSSR count). The first-order valence-electron chi connectivity index (χ1n) is 21.4. The van der Waals surface area contributed by atoms with E-state index >= 15 is 0 Å². The zero-order valence-electron chi connectivity index (χ0n) is 35.1. The van der Waals surface area contributed by atoms with Crippen LogP contribution in [-0.4, -0.2) is 79.9 Å². The average molecular weight is 854 g/mol. The number of hydrogen-bond donors (Lipinski definition) is 3. The van der Waals surface area contributed by atoms with Crippen molar-refractivity contribution in [3.05, 3.63) is 99.7 Å². The Morgan fingerprint density at radius 3 is 2.53 bits per heavy atom. The van der Waals surface area contributed by atoms with Crippen LogP contribution in [0.3, 0.4) is 0 Å². The van der Waals surface area contributed by atoms with E-state index in [4.69, 9.17) is 37.8 Å². The zero-order chi connectivity index (χ0) is 42.0. The second-order valence-electron chi connectivity index (χ2n) is 16.5. The van der Waals surface area contributed by atoms with E-state index in [1.54, 1.807) is 7.11 Å². The van der Waals surface area contributed by atoms with Gasteiger partial charge in [-0.1, -0.05) is 84.9 Å². The van der Waals surface area contributed by atoms with Crippen LogP contribution in [0.4, 0.5) is 0 Å². The average Bonchev–Trinajstić information content (AvgIpc) is 3.88. The summed E-state index contributed by atoms with van der Waals surface area (Å²) in [5.74, 6) is 2.41. The molecule has 1 saturated carbocycles. The van der Waals surface area contributed by atoms with Gasteiger partial charge in [0.25, 0.3) is 0 Å². The second kappa shape index (κ2) is 20.9. The number of carbonyl (C=O) groups excluding carboxylic acids is 2. The summed E-state index contributed by atoms with van der Waals surface area (Å²) in [5.41, 5.74) is 7.70. The number of rotatable bonds is 20. The lowest BCUT2D eigenvalue weighted by Gasteiger charge is -2.28. The highest BCUT2D eigenvalue weighted by atomic mass is 35.5. The molecule has 0 radical (unpaired) electrons. The van der Waals surface area contributed by atoms with Crippen molar-refractivity contribution in [1.82, 2.24) is 30.6 Å². The number of nitrogens with zero attached hydrogens (tertiary/aromatic N) is 3. The highest BCUT2D eigenvalue weighted by molar-refractivity contribution is 6.36. The largest absolute Gasteiger partial charge is 0.496 e. The fourth-order valence-electron chi connectivity index (χ4n) is 8.81. The van der Waals surface area contributed by atoms with Crippen LogP contribution in [0.25, 0.3) is 33.2 Å². The molecule has 2 atom stereocenters. The van der Waals surface area contributed by atoms with Gasteiger partial charge in [0, 0.05) is 83.8 Å². The summed E-state index contributed by atoms with van der Waals surface area (Å²) in [6.45, 7) is 4.00. The van der Waals surface area contributed by atoms with Crippen LogP contribution in [0.2, 0.25) is 10.0 Å². The monoisotopic (exact) mass is 852 g/mol. The molecule has 5 aromatic rings. The Bertz CT molecular complexity index is 2260. The molecule has 3 N–H and O–H groups in total. The van der Waals surface area contributed by atoms with Crippen LogP contribution in [0, 0.1) is 5.92 Å². The maximum Gasteiger partial charge on any atom is 0.220 e. The van der Waals surface area contributed by atoms with Crippen molar-refractivity contribution in [3.8, 4) is 33.8 Å². The van der Waals surface area contributed by atoms with Crippen LogP contribution >= 0.6 is 23.2 Å². The van der Waals surface area contributed by atoms with Crippen molar-refractivity contribution < 1.29 is 19.1 Å². The smallest absolute Gasteiger partial charge is 0.220 e. The van der Waals surface area contributed by atoms with Gasteiger partial charge in [0.15, 0.2) is 0 Å². The number of fused-ring (bicyclic) bond motifs is 1. The number of aromatic nitrogens is 2. The van der Waals surface area contributed by atoms with Crippen molar-refractivity contribution in [3.63, 3.8) is 0 Å². The fraction of sp³-hybridized carbons (Fsp3) is 0.438. The first-order chi connectivity index (χ1) is 29.2. The molecule has 0 spiro atoms. The Labute approximate surface area is 364 Å². The van der Waals surface area contributed by atoms with Crippen LogP contribution < -0.4 is 25.4 Å². The number of likely N-dealkylation sites (N-methyl/N-ethyl adjacent to an activating group) is 1. The van der Waals surface area contributed by atoms with Gasteiger partial charge in [-0.15, -0.1) is 0 Å². The van der Waals surface area contributed by atoms with Gasteiger partial charge < -0.3 is 35.1 Å². The molecule has 1 aliphatic carbocycles. The van der Waals surface area contributed by atoms with E-state index in [1.807, 2.05) is 48.3 Å². The lowest BCUT2D eigenvalue weighted by Crippen LogP contribution is -2.35. The number of hydrogen-bond acceptors (Lipinski definition) is 8. The number of carbonyl (C=O) groups is 2. The van der Waals surface area contributed by atoms with Crippen LogP contribution in [0.15, 0.2) is 72.9 Å². The summed E-state index contributed by atoms with van der Waals surface area (Å²) >= 11 is 14.4. The van der Waals surface area contributed by atoms with E-state index in [0.717, 1.165) is 93.1 Å². The Balaban J connectivity index is 1.12. The minimum absolute atomic E-state index is 0.0449. The molecule has 2 heterocycles. The normalized spacial score (nSPS) is 16.4. The van der Waals surface area contributed by atoms with Gasteiger partial charge in [-0.05, 0) is 86.7 Å². The van der Waals surface area contributed by atoms with Gasteiger partial charge in [-0.2, -0.15) is 5.10 Å². The maximum atomic E-state index is 11.6. The molecule has 1 aromatic heterocycles. The third-order valence-electron chi connectivity index (χ3n) is 12.1. The zero-order valence-corrected chi connectivity index (χ0v) is 36.6. The number of nitrogens with one attached hydrogen (secondary N) is 3. The second-order valence-corrected chi connectivity index (χ2v) is 17.2. The molecule has 12 heteroatoms. The lowest BCUT2D eigenvalue weighted by atomic mass is 9.89. The van der Waals surface area contributed by atoms with Gasteiger partial charge in [0.1, 0.15) is 24.4 Å². The van der Waals surface area contributed by atoms with Gasteiger partial charge in [-0.25, -0.2) is 0 Å². The summed E-state index contributed by atoms with van der Waals surface area (Å²) < 4.78 is 14.4. The molecule has 2 unspecified atom stereocenters. The van der Waals surface area contributed by atoms with Gasteiger partial charge in [-0.3, -0.25) is 9.48 Å². The van der Waals surface area contributed by atoms with E-state index in [0.29, 0.717) is 55.5 Å². The number of halogens is 2. The summed E-state index contributed by atoms with van der Waals surface area (Å²) in [6, 6.07) is 22.8. The third kappa shape index (κ3) is 10.7. The van der Waals surface area contributed by atoms with Crippen molar-refractivity contribution in [1.29, 1.82) is 0 Å². The molecule has 1 aliphatic heterocycles. The van der Waals surface area contributed by atoms with Crippen molar-refractivity contribution in [2.75, 3.05) is 40.9 Å². The van der Waals surface area contributed by atoms with E-state index in [-0.39, 0.29) is 18.0 Å². The standard InChI is InChI=1S/C48H58Cl2N6O4/c1-51-38(12-9-21-57)31-60-46-24-35(43(49)22-36(46)29-55(2)28-32-10-5-4-6-11-32)30-56-44-16-8-14-40(42(44)27-53-56)41-15-7-13-39(48(41)50)33-17-18-34(45(23-33)59-3)25-52-26-37-19-20-47(58)54-37/h7-8,13-18,21-24,27,32,37-38,51-52H,4-6,9-12,19-20,25-26,28-31H2,1-3H3,(H,54,58). The van der Waals surface area contributed by atoms with Crippen molar-refractivity contribution >= 4 is 46.3 Å². The van der Waals surface area contributed by atoms with Gasteiger partial charge in [0.2, 0.25) is 5.91 Å². The molecule has 4 aromatic carbocycles. The molecule has 1 saturated heterocycles. The molecule has 2 aliphatic rings. The van der Waals surface area contributed by atoms with Crippen LogP contribution in [-0.2, 0) is 29.2 Å². The van der Waals surface area contributed by atoms with Crippen LogP contribution in [0.5, 0.6) is 11.5 Å². The molecule has 2 fully saturated rings. The predicted molar refractivity (Wildman–Crippen MR) is 242 cm³/mol. The first kappa shape index (κ1) is 43.6. The van der Waals surface area contributed by atoms with Crippen molar-refractivity contribution in [2.45, 2.75) is 89.5 Å². The number of ether oxygens (including phenoxy) is 2. The first-order valence-corrected chi connectivity index (χ1v) is 22.1. The third-order valence-corrected chi connectivity index (χ3v) is 12.9. The molecular formula is C48H58Cl2N6O4. The number of benzene rings is 4. The Morgan fingerprint density at radius 2 is 1.77 bits per heavy atom. The van der Waals surface area contributed by atoms with E-state index in [1.165, 1.54) is 32.1 Å². The Kier molecular flexibility index (Phi) is 15.2. The highest BCUT2D eigenvalue weighted by Gasteiger charge is 2.22. The SMILES string of the molecule is CNC(CCC=O)COc1cc(Cn2ncc3c(-c4cccc(-c5ccc(CNCC6CCC(=O)N6)c(OC)c5)c4Cl)cccc32)c(Cl)cc1CN(C)CC1CCCCC1. The van der Waals surface area contributed by atoms with Gasteiger partial charge in [0.05, 0.1) is 30.4 Å². The summed E-state index contributed by atoms with van der Waals surface area (Å²) in [4.78, 5) is 25.1. The molecular weight excluding hydrogens is 795 g/mol.